The van der Waals surface area contributed by atoms with E-state index in [1.54, 1.807) is 18.2 Å². The first-order valence-electron chi connectivity index (χ1n) is 5.66. The van der Waals surface area contributed by atoms with Crippen molar-refractivity contribution in [2.24, 2.45) is 5.90 Å². The van der Waals surface area contributed by atoms with Crippen LogP contribution < -0.4 is 10.6 Å². The van der Waals surface area contributed by atoms with Gasteiger partial charge in [0.05, 0.1) is 6.61 Å². The molecule has 0 aliphatic heterocycles. The maximum Gasteiger partial charge on any atom is 0.344 e. The van der Waals surface area contributed by atoms with Crippen molar-refractivity contribution in [3.8, 4) is 5.75 Å². The molecular formula is C13H19NO4. The van der Waals surface area contributed by atoms with E-state index in [9.17, 15) is 4.79 Å². The summed E-state index contributed by atoms with van der Waals surface area (Å²) < 4.78 is 10.5. The molecule has 1 rings (SSSR count). The van der Waals surface area contributed by atoms with E-state index in [2.05, 4.69) is 4.84 Å². The summed E-state index contributed by atoms with van der Waals surface area (Å²) in [5, 5.41) is 0. The van der Waals surface area contributed by atoms with Gasteiger partial charge < -0.3 is 9.47 Å². The van der Waals surface area contributed by atoms with Crippen LogP contribution in [0.5, 0.6) is 5.75 Å². The molecular weight excluding hydrogens is 234 g/mol. The number of carbonyl (C=O) groups is 1. The summed E-state index contributed by atoms with van der Waals surface area (Å²) in [7, 11) is 0. The molecule has 0 fully saturated rings. The van der Waals surface area contributed by atoms with E-state index >= 15 is 0 Å². The molecule has 0 heterocycles. The minimum atomic E-state index is -0.504. The minimum Gasteiger partial charge on any atom is -0.482 e. The molecule has 100 valence electrons. The zero-order valence-corrected chi connectivity index (χ0v) is 10.9. The number of rotatable bonds is 5. The standard InChI is InChI=1S/C13H19NO4/c1-13(2,3)18-12(15)9-16-11-6-4-5-10(7-11)8-17-14/h4-7H,8-9,14H2,1-3H3. The Hall–Kier alpha value is -1.59. The van der Waals surface area contributed by atoms with Crippen LogP contribution in [0.3, 0.4) is 0 Å². The van der Waals surface area contributed by atoms with Gasteiger partial charge in [0.1, 0.15) is 11.4 Å². The second kappa shape index (κ2) is 6.37. The van der Waals surface area contributed by atoms with Gasteiger partial charge in [-0.3, -0.25) is 4.84 Å². The summed E-state index contributed by atoms with van der Waals surface area (Å²) in [4.78, 5) is 16.0. The van der Waals surface area contributed by atoms with Crippen LogP contribution in [0.25, 0.3) is 0 Å². The molecule has 0 bridgehead atoms. The van der Waals surface area contributed by atoms with Gasteiger partial charge >= 0.3 is 5.97 Å². The molecule has 0 saturated heterocycles. The summed E-state index contributed by atoms with van der Waals surface area (Å²) in [5.74, 6) is 5.17. The molecule has 0 amide bonds. The van der Waals surface area contributed by atoms with Gasteiger partial charge in [-0.25, -0.2) is 10.7 Å². The lowest BCUT2D eigenvalue weighted by Gasteiger charge is -2.19. The second-order valence-corrected chi connectivity index (χ2v) is 4.83. The lowest BCUT2D eigenvalue weighted by Crippen LogP contribution is -2.27. The molecule has 0 spiro atoms. The van der Waals surface area contributed by atoms with E-state index in [1.807, 2.05) is 26.8 Å². The Bertz CT molecular complexity index is 398. The van der Waals surface area contributed by atoms with Gasteiger partial charge in [0, 0.05) is 0 Å². The van der Waals surface area contributed by atoms with Crippen molar-refractivity contribution in [2.75, 3.05) is 6.61 Å². The lowest BCUT2D eigenvalue weighted by atomic mass is 10.2. The SMILES string of the molecule is CC(C)(C)OC(=O)COc1cccc(CON)c1. The number of nitrogens with two attached hydrogens (primary N) is 1. The Kier molecular flexibility index (Phi) is 5.12. The van der Waals surface area contributed by atoms with Crippen molar-refractivity contribution < 1.29 is 19.1 Å². The molecule has 0 radical (unpaired) electrons. The molecule has 5 nitrogen and oxygen atoms in total. The van der Waals surface area contributed by atoms with Crippen LogP contribution in [0.15, 0.2) is 24.3 Å². The largest absolute Gasteiger partial charge is 0.482 e. The number of benzene rings is 1. The highest BCUT2D eigenvalue weighted by atomic mass is 16.6. The van der Waals surface area contributed by atoms with Crippen LogP contribution in [-0.2, 0) is 21.0 Å². The molecule has 18 heavy (non-hydrogen) atoms. The van der Waals surface area contributed by atoms with Gasteiger partial charge in [-0.2, -0.15) is 0 Å². The number of ether oxygens (including phenoxy) is 2. The van der Waals surface area contributed by atoms with Crippen LogP contribution in [-0.4, -0.2) is 18.2 Å². The Morgan fingerprint density at radius 2 is 2.06 bits per heavy atom. The maximum atomic E-state index is 11.5. The van der Waals surface area contributed by atoms with Crippen molar-refractivity contribution in [2.45, 2.75) is 33.0 Å². The first-order valence-corrected chi connectivity index (χ1v) is 5.66. The van der Waals surface area contributed by atoms with Gasteiger partial charge in [0.15, 0.2) is 6.61 Å². The van der Waals surface area contributed by atoms with E-state index in [0.717, 1.165) is 5.56 Å². The van der Waals surface area contributed by atoms with Crippen molar-refractivity contribution in [3.63, 3.8) is 0 Å². The number of carbonyl (C=O) groups excluding carboxylic acids is 1. The predicted octanol–water partition coefficient (Wildman–Crippen LogP) is 1.80. The van der Waals surface area contributed by atoms with Crippen molar-refractivity contribution in [1.82, 2.24) is 0 Å². The van der Waals surface area contributed by atoms with Gasteiger partial charge in [-0.05, 0) is 38.5 Å². The van der Waals surface area contributed by atoms with Gasteiger partial charge in [0.25, 0.3) is 0 Å². The fraction of sp³-hybridized carbons (Fsp3) is 0.462. The van der Waals surface area contributed by atoms with Gasteiger partial charge in [-0.1, -0.05) is 12.1 Å². The van der Waals surface area contributed by atoms with Crippen LogP contribution in [0.1, 0.15) is 26.3 Å². The third kappa shape index (κ3) is 5.65. The van der Waals surface area contributed by atoms with Crippen LogP contribution in [0, 0.1) is 0 Å². The molecule has 0 unspecified atom stereocenters. The third-order valence-corrected chi connectivity index (χ3v) is 1.93. The summed E-state index contributed by atoms with van der Waals surface area (Å²) in [5.41, 5.74) is 0.370. The summed E-state index contributed by atoms with van der Waals surface area (Å²) in [6.45, 7) is 5.60. The van der Waals surface area contributed by atoms with Crippen LogP contribution in [0.4, 0.5) is 0 Å². The minimum absolute atomic E-state index is 0.121. The monoisotopic (exact) mass is 253 g/mol. The second-order valence-electron chi connectivity index (χ2n) is 4.83. The number of hydrogen-bond acceptors (Lipinski definition) is 5. The zero-order chi connectivity index (χ0) is 13.6. The van der Waals surface area contributed by atoms with E-state index < -0.39 is 11.6 Å². The number of hydrogen-bond donors (Lipinski definition) is 1. The molecule has 2 N–H and O–H groups in total. The smallest absolute Gasteiger partial charge is 0.344 e. The highest BCUT2D eigenvalue weighted by molar-refractivity contribution is 5.71. The molecule has 1 aromatic carbocycles. The van der Waals surface area contributed by atoms with Crippen molar-refractivity contribution in [1.29, 1.82) is 0 Å². The zero-order valence-electron chi connectivity index (χ0n) is 10.9. The van der Waals surface area contributed by atoms with E-state index in [-0.39, 0.29) is 6.61 Å². The Labute approximate surface area is 107 Å². The van der Waals surface area contributed by atoms with Crippen LogP contribution in [0.2, 0.25) is 0 Å². The maximum absolute atomic E-state index is 11.5. The lowest BCUT2D eigenvalue weighted by molar-refractivity contribution is -0.157. The topological polar surface area (TPSA) is 70.8 Å². The molecule has 5 heteroatoms. The molecule has 0 aromatic heterocycles. The average molecular weight is 253 g/mol. The quantitative estimate of drug-likeness (QED) is 0.640. The molecule has 1 aromatic rings. The molecule has 0 atom stereocenters. The highest BCUT2D eigenvalue weighted by Gasteiger charge is 2.16. The average Bonchev–Trinajstić information content (AvgIpc) is 2.25. The first-order chi connectivity index (χ1) is 8.40. The molecule has 0 aliphatic carbocycles. The fourth-order valence-corrected chi connectivity index (χ4v) is 1.33. The first kappa shape index (κ1) is 14.5. The fourth-order valence-electron chi connectivity index (χ4n) is 1.33. The highest BCUT2D eigenvalue weighted by Crippen LogP contribution is 2.14. The van der Waals surface area contributed by atoms with E-state index in [0.29, 0.717) is 12.4 Å². The summed E-state index contributed by atoms with van der Waals surface area (Å²) in [6.07, 6.45) is 0. The van der Waals surface area contributed by atoms with Gasteiger partial charge in [0.2, 0.25) is 0 Å². The summed E-state index contributed by atoms with van der Waals surface area (Å²) in [6, 6.07) is 7.17. The van der Waals surface area contributed by atoms with Crippen LogP contribution >= 0.6 is 0 Å². The molecule has 0 aliphatic rings. The Balaban J connectivity index is 2.48. The van der Waals surface area contributed by atoms with E-state index in [4.69, 9.17) is 15.4 Å². The normalized spacial score (nSPS) is 11.1. The summed E-state index contributed by atoms with van der Waals surface area (Å²) >= 11 is 0. The van der Waals surface area contributed by atoms with Crippen molar-refractivity contribution >= 4 is 5.97 Å². The molecule has 0 saturated carbocycles. The predicted molar refractivity (Wildman–Crippen MR) is 66.8 cm³/mol. The van der Waals surface area contributed by atoms with E-state index in [1.165, 1.54) is 0 Å². The Morgan fingerprint density at radius 3 is 2.67 bits per heavy atom. The third-order valence-electron chi connectivity index (χ3n) is 1.93. The van der Waals surface area contributed by atoms with Crippen molar-refractivity contribution in [3.05, 3.63) is 29.8 Å². The Morgan fingerprint density at radius 1 is 1.33 bits per heavy atom. The number of esters is 1. The van der Waals surface area contributed by atoms with Gasteiger partial charge in [-0.15, -0.1) is 0 Å².